The summed E-state index contributed by atoms with van der Waals surface area (Å²) in [6.07, 6.45) is -2.34. The van der Waals surface area contributed by atoms with Crippen molar-refractivity contribution >= 4 is 0 Å². The van der Waals surface area contributed by atoms with Gasteiger partial charge in [0.2, 0.25) is 5.79 Å². The topological polar surface area (TPSA) is 110 Å². The normalized spacial score (nSPS) is 18.7. The van der Waals surface area contributed by atoms with Gasteiger partial charge in [-0.05, 0) is 6.92 Å². The highest BCUT2D eigenvalue weighted by Gasteiger charge is 2.35. The predicted octanol–water partition coefficient (Wildman–Crippen LogP) is -2.58. The zero-order valence-corrected chi connectivity index (χ0v) is 7.42. The molecule has 0 aromatic heterocycles. The van der Waals surface area contributed by atoms with Crippen LogP contribution in [0.5, 0.6) is 0 Å². The summed E-state index contributed by atoms with van der Waals surface area (Å²) in [4.78, 5) is 0. The average molecular weight is 196 g/mol. The molecule has 6 heteroatoms. The Morgan fingerprint density at radius 3 is 1.92 bits per heavy atom. The lowest BCUT2D eigenvalue weighted by Crippen LogP contribution is -2.50. The third kappa shape index (κ3) is 3.55. The van der Waals surface area contributed by atoms with Gasteiger partial charge in [0.1, 0.15) is 12.2 Å². The van der Waals surface area contributed by atoms with Gasteiger partial charge in [-0.25, -0.2) is 0 Å². The molecule has 0 aliphatic heterocycles. The van der Waals surface area contributed by atoms with Gasteiger partial charge in [0.05, 0.1) is 19.8 Å². The Hall–Kier alpha value is -0.240. The van der Waals surface area contributed by atoms with Gasteiger partial charge in [0.15, 0.2) is 0 Å². The second-order valence-corrected chi connectivity index (χ2v) is 2.78. The maximum absolute atomic E-state index is 9.39. The van der Waals surface area contributed by atoms with Crippen molar-refractivity contribution in [2.75, 3.05) is 19.8 Å². The summed E-state index contributed by atoms with van der Waals surface area (Å²) in [7, 11) is 0. The highest BCUT2D eigenvalue weighted by Crippen LogP contribution is 2.14. The second kappa shape index (κ2) is 5.48. The maximum Gasteiger partial charge on any atom is 0.216 e. The number of aliphatic hydroxyl groups excluding tert-OH is 4. The quantitative estimate of drug-likeness (QED) is 0.298. The van der Waals surface area contributed by atoms with E-state index in [9.17, 15) is 5.11 Å². The van der Waals surface area contributed by atoms with Crippen molar-refractivity contribution < 1.29 is 30.3 Å². The maximum atomic E-state index is 9.39. The number of hydrogen-bond donors (Lipinski definition) is 5. The van der Waals surface area contributed by atoms with Crippen LogP contribution in [0.1, 0.15) is 6.92 Å². The minimum absolute atomic E-state index is 0.508. The van der Waals surface area contributed by atoms with Gasteiger partial charge < -0.3 is 30.3 Å². The van der Waals surface area contributed by atoms with Gasteiger partial charge in [-0.1, -0.05) is 0 Å². The molecule has 80 valence electrons. The van der Waals surface area contributed by atoms with Crippen LogP contribution in [0.25, 0.3) is 0 Å². The van der Waals surface area contributed by atoms with E-state index in [1.807, 2.05) is 0 Å². The molecule has 0 rings (SSSR count). The molecule has 0 saturated carbocycles. The molecule has 0 fully saturated rings. The summed E-state index contributed by atoms with van der Waals surface area (Å²) in [6.45, 7) is -0.611. The van der Waals surface area contributed by atoms with Crippen LogP contribution >= 0.6 is 0 Å². The number of ether oxygens (including phenoxy) is 1. The van der Waals surface area contributed by atoms with Crippen molar-refractivity contribution in [3.05, 3.63) is 0 Å². The van der Waals surface area contributed by atoms with Crippen molar-refractivity contribution in [3.63, 3.8) is 0 Å². The van der Waals surface area contributed by atoms with Crippen LogP contribution in [-0.4, -0.2) is 63.3 Å². The molecule has 0 bridgehead atoms. The molecule has 6 nitrogen and oxygen atoms in total. The Morgan fingerprint density at radius 2 is 1.69 bits per heavy atom. The summed E-state index contributed by atoms with van der Waals surface area (Å²) < 4.78 is 4.70. The van der Waals surface area contributed by atoms with E-state index in [-0.39, 0.29) is 0 Å². The van der Waals surface area contributed by atoms with Gasteiger partial charge in [-0.15, -0.1) is 0 Å². The molecule has 2 atom stereocenters. The van der Waals surface area contributed by atoms with Gasteiger partial charge in [0, 0.05) is 0 Å². The summed E-state index contributed by atoms with van der Waals surface area (Å²) in [5.41, 5.74) is 0. The molecular weight excluding hydrogens is 180 g/mol. The molecule has 5 N–H and O–H groups in total. The average Bonchev–Trinajstić information content (AvgIpc) is 2.13. The van der Waals surface area contributed by atoms with Crippen LogP contribution in [0.15, 0.2) is 0 Å². The summed E-state index contributed by atoms with van der Waals surface area (Å²) in [5.74, 6) is -2.14. The van der Waals surface area contributed by atoms with Gasteiger partial charge >= 0.3 is 0 Å². The Morgan fingerprint density at radius 1 is 1.23 bits per heavy atom. The van der Waals surface area contributed by atoms with E-state index in [0.29, 0.717) is 0 Å². The lowest BCUT2D eigenvalue weighted by atomic mass is 10.2. The van der Waals surface area contributed by atoms with Crippen molar-refractivity contribution in [1.82, 2.24) is 0 Å². The fourth-order valence-corrected chi connectivity index (χ4v) is 0.689. The van der Waals surface area contributed by atoms with Crippen molar-refractivity contribution in [3.8, 4) is 0 Å². The van der Waals surface area contributed by atoms with Crippen molar-refractivity contribution in [2.45, 2.75) is 24.9 Å². The highest BCUT2D eigenvalue weighted by molar-refractivity contribution is 4.74. The summed E-state index contributed by atoms with van der Waals surface area (Å²) in [5, 5.41) is 44.3. The van der Waals surface area contributed by atoms with Crippen LogP contribution < -0.4 is 0 Å². The van der Waals surface area contributed by atoms with Crippen LogP contribution in [0, 0.1) is 0 Å². The minimum Gasteiger partial charge on any atom is -0.394 e. The molecule has 0 amide bonds. The van der Waals surface area contributed by atoms with Crippen LogP contribution in [0.4, 0.5) is 0 Å². The molecule has 0 aliphatic rings. The minimum atomic E-state index is -2.14. The van der Waals surface area contributed by atoms with Crippen molar-refractivity contribution in [2.24, 2.45) is 0 Å². The second-order valence-electron chi connectivity index (χ2n) is 2.78. The smallest absolute Gasteiger partial charge is 0.216 e. The molecular formula is C7H16O6. The largest absolute Gasteiger partial charge is 0.394 e. The van der Waals surface area contributed by atoms with Crippen LogP contribution in [-0.2, 0) is 4.74 Å². The van der Waals surface area contributed by atoms with E-state index in [1.165, 1.54) is 6.92 Å². The van der Waals surface area contributed by atoms with Crippen LogP contribution in [0.3, 0.4) is 0 Å². The van der Waals surface area contributed by atoms with Gasteiger partial charge in [-0.2, -0.15) is 0 Å². The SMILES string of the molecule is C[C@@H](O)[C@](O)(CO)OC(CO)CO. The van der Waals surface area contributed by atoms with E-state index in [1.54, 1.807) is 0 Å². The molecule has 0 aromatic carbocycles. The summed E-state index contributed by atoms with van der Waals surface area (Å²) >= 11 is 0. The molecule has 0 unspecified atom stereocenters. The Labute approximate surface area is 76.0 Å². The third-order valence-electron chi connectivity index (χ3n) is 1.66. The van der Waals surface area contributed by atoms with Gasteiger partial charge in [0.25, 0.3) is 0 Å². The van der Waals surface area contributed by atoms with Crippen molar-refractivity contribution in [1.29, 1.82) is 0 Å². The molecule has 0 spiro atoms. The van der Waals surface area contributed by atoms with E-state index >= 15 is 0 Å². The Balaban J connectivity index is 4.24. The van der Waals surface area contributed by atoms with E-state index in [2.05, 4.69) is 0 Å². The number of aliphatic hydroxyl groups is 5. The Kier molecular flexibility index (Phi) is 5.38. The fourth-order valence-electron chi connectivity index (χ4n) is 0.689. The summed E-state index contributed by atoms with van der Waals surface area (Å²) in [6, 6.07) is 0. The molecule has 0 heterocycles. The lowest BCUT2D eigenvalue weighted by Gasteiger charge is -2.31. The van der Waals surface area contributed by atoms with E-state index in [4.69, 9.17) is 25.2 Å². The first-order chi connectivity index (χ1) is 6.00. The third-order valence-corrected chi connectivity index (χ3v) is 1.66. The first-order valence-electron chi connectivity index (χ1n) is 3.91. The first kappa shape index (κ1) is 12.8. The zero-order valence-electron chi connectivity index (χ0n) is 7.42. The Bertz CT molecular complexity index is 135. The van der Waals surface area contributed by atoms with E-state index < -0.39 is 37.8 Å². The molecule has 13 heavy (non-hydrogen) atoms. The monoisotopic (exact) mass is 196 g/mol. The molecule has 0 saturated heterocycles. The number of hydrogen-bond acceptors (Lipinski definition) is 6. The standard InChI is InChI=1S/C7H16O6/c1-5(11)7(12,4-10)13-6(2-8)3-9/h5-6,8-12H,2-4H2,1H3/t5-,7+/m1/s1. The fraction of sp³-hybridized carbons (Fsp3) is 1.00. The zero-order chi connectivity index (χ0) is 10.5. The van der Waals surface area contributed by atoms with Gasteiger partial charge in [-0.3, -0.25) is 0 Å². The van der Waals surface area contributed by atoms with Crippen LogP contribution in [0.2, 0.25) is 0 Å². The highest BCUT2D eigenvalue weighted by atomic mass is 16.7. The molecule has 0 radical (unpaired) electrons. The lowest BCUT2D eigenvalue weighted by molar-refractivity contribution is -0.295. The molecule has 0 aliphatic carbocycles. The van der Waals surface area contributed by atoms with E-state index in [0.717, 1.165) is 0 Å². The molecule has 0 aromatic rings. The number of rotatable bonds is 6. The first-order valence-corrected chi connectivity index (χ1v) is 3.91. The predicted molar refractivity (Wildman–Crippen MR) is 42.8 cm³/mol.